The minimum Gasteiger partial charge on any atom is -0.458 e. The predicted octanol–water partition coefficient (Wildman–Crippen LogP) is 1.88. The minimum absolute atomic E-state index is 0.0595. The Kier molecular flexibility index (Phi) is 5.92. The van der Waals surface area contributed by atoms with Crippen LogP contribution >= 0.6 is 0 Å². The Balaban J connectivity index is 2.01. The maximum Gasteiger partial charge on any atom is 0.332 e. The second-order valence-electron chi connectivity index (χ2n) is 5.57. The molecule has 4 heteroatoms. The lowest BCUT2D eigenvalue weighted by molar-refractivity contribution is -0.160. The molecule has 1 N–H and O–H groups in total. The maximum absolute atomic E-state index is 11.3. The average molecular weight is 243 g/mol. The van der Waals surface area contributed by atoms with Crippen LogP contribution in [0, 0.1) is 0 Å². The van der Waals surface area contributed by atoms with E-state index in [9.17, 15) is 4.79 Å². The van der Waals surface area contributed by atoms with Crippen molar-refractivity contribution in [3.63, 3.8) is 0 Å². The number of carbonyl (C=O) groups is 1. The average Bonchev–Trinajstić information content (AvgIpc) is 2.23. The Morgan fingerprint density at radius 3 is 2.71 bits per heavy atom. The van der Waals surface area contributed by atoms with Gasteiger partial charge in [-0.3, -0.25) is 0 Å². The van der Waals surface area contributed by atoms with Crippen molar-refractivity contribution in [3.05, 3.63) is 0 Å². The second kappa shape index (κ2) is 6.97. The van der Waals surface area contributed by atoms with Crippen LogP contribution in [-0.4, -0.2) is 37.4 Å². The zero-order valence-corrected chi connectivity index (χ0v) is 11.3. The van der Waals surface area contributed by atoms with Crippen molar-refractivity contribution in [2.75, 3.05) is 19.8 Å². The zero-order chi connectivity index (χ0) is 12.7. The Morgan fingerprint density at radius 2 is 2.12 bits per heavy atom. The van der Waals surface area contributed by atoms with E-state index in [-0.39, 0.29) is 12.6 Å². The van der Waals surface area contributed by atoms with Crippen LogP contribution in [0.25, 0.3) is 0 Å². The van der Waals surface area contributed by atoms with E-state index in [2.05, 4.69) is 5.32 Å². The zero-order valence-electron chi connectivity index (χ0n) is 11.3. The number of nitrogens with one attached hydrogen (secondary N) is 1. The van der Waals surface area contributed by atoms with Crippen LogP contribution < -0.4 is 5.32 Å². The van der Waals surface area contributed by atoms with E-state index in [1.807, 2.05) is 20.8 Å². The van der Waals surface area contributed by atoms with Gasteiger partial charge in [-0.2, -0.15) is 0 Å². The SMILES string of the molecule is CC(C)(C)OC(=O)COCCC1CCCCN1. The molecular weight excluding hydrogens is 218 g/mol. The van der Waals surface area contributed by atoms with Gasteiger partial charge in [0.1, 0.15) is 12.2 Å². The highest BCUT2D eigenvalue weighted by Gasteiger charge is 2.16. The molecule has 0 aliphatic carbocycles. The maximum atomic E-state index is 11.3. The van der Waals surface area contributed by atoms with E-state index >= 15 is 0 Å². The van der Waals surface area contributed by atoms with Crippen LogP contribution in [-0.2, 0) is 14.3 Å². The predicted molar refractivity (Wildman–Crippen MR) is 66.9 cm³/mol. The molecule has 0 bridgehead atoms. The summed E-state index contributed by atoms with van der Waals surface area (Å²) in [4.78, 5) is 11.3. The molecule has 0 saturated carbocycles. The summed E-state index contributed by atoms with van der Waals surface area (Å²) in [5.41, 5.74) is -0.425. The fourth-order valence-electron chi connectivity index (χ4n) is 1.92. The summed E-state index contributed by atoms with van der Waals surface area (Å²) in [5.74, 6) is -0.283. The topological polar surface area (TPSA) is 47.6 Å². The third-order valence-corrected chi connectivity index (χ3v) is 2.66. The van der Waals surface area contributed by atoms with E-state index in [1.165, 1.54) is 19.3 Å². The van der Waals surface area contributed by atoms with Gasteiger partial charge in [-0.15, -0.1) is 0 Å². The van der Waals surface area contributed by atoms with Crippen molar-refractivity contribution in [3.8, 4) is 0 Å². The highest BCUT2D eigenvalue weighted by atomic mass is 16.6. The van der Waals surface area contributed by atoms with Gasteiger partial charge in [-0.1, -0.05) is 6.42 Å². The van der Waals surface area contributed by atoms with Gasteiger partial charge < -0.3 is 14.8 Å². The van der Waals surface area contributed by atoms with Crippen LogP contribution in [0.15, 0.2) is 0 Å². The third kappa shape index (κ3) is 7.34. The molecule has 0 aromatic carbocycles. The van der Waals surface area contributed by atoms with Gasteiger partial charge in [0.15, 0.2) is 0 Å². The summed E-state index contributed by atoms with van der Waals surface area (Å²) in [7, 11) is 0. The highest BCUT2D eigenvalue weighted by Crippen LogP contribution is 2.10. The second-order valence-corrected chi connectivity index (χ2v) is 5.57. The van der Waals surface area contributed by atoms with E-state index in [1.54, 1.807) is 0 Å². The van der Waals surface area contributed by atoms with Crippen molar-refractivity contribution in [2.45, 2.75) is 58.1 Å². The molecule has 4 nitrogen and oxygen atoms in total. The summed E-state index contributed by atoms with van der Waals surface area (Å²) in [6, 6.07) is 0.558. The Morgan fingerprint density at radius 1 is 1.35 bits per heavy atom. The van der Waals surface area contributed by atoms with Crippen LogP contribution in [0.2, 0.25) is 0 Å². The quantitative estimate of drug-likeness (QED) is 0.591. The van der Waals surface area contributed by atoms with Crippen LogP contribution in [0.3, 0.4) is 0 Å². The summed E-state index contributed by atoms with van der Waals surface area (Å²) >= 11 is 0. The third-order valence-electron chi connectivity index (χ3n) is 2.66. The molecule has 1 fully saturated rings. The first-order valence-corrected chi connectivity index (χ1v) is 6.50. The van der Waals surface area contributed by atoms with E-state index in [0.29, 0.717) is 12.6 Å². The normalized spacial score (nSPS) is 21.2. The van der Waals surface area contributed by atoms with Crippen molar-refractivity contribution in [1.29, 1.82) is 0 Å². The first-order chi connectivity index (χ1) is 7.97. The van der Waals surface area contributed by atoms with E-state index < -0.39 is 5.60 Å². The Labute approximate surface area is 104 Å². The molecule has 1 heterocycles. The van der Waals surface area contributed by atoms with Crippen molar-refractivity contribution < 1.29 is 14.3 Å². The van der Waals surface area contributed by atoms with Crippen LogP contribution in [0.4, 0.5) is 0 Å². The molecule has 1 unspecified atom stereocenters. The summed E-state index contributed by atoms with van der Waals surface area (Å²) in [6.45, 7) is 7.36. The number of hydrogen-bond acceptors (Lipinski definition) is 4. The fraction of sp³-hybridized carbons (Fsp3) is 0.923. The summed E-state index contributed by atoms with van der Waals surface area (Å²) in [6.07, 6.45) is 4.76. The molecule has 1 atom stereocenters. The lowest BCUT2D eigenvalue weighted by Gasteiger charge is -2.23. The molecule has 0 aromatic rings. The Bertz CT molecular complexity index is 229. The van der Waals surface area contributed by atoms with Crippen molar-refractivity contribution in [2.24, 2.45) is 0 Å². The first-order valence-electron chi connectivity index (χ1n) is 6.50. The monoisotopic (exact) mass is 243 g/mol. The molecule has 1 rings (SSSR count). The Hall–Kier alpha value is -0.610. The number of ether oxygens (including phenoxy) is 2. The first kappa shape index (κ1) is 14.5. The van der Waals surface area contributed by atoms with Gasteiger partial charge in [-0.05, 0) is 46.6 Å². The number of carbonyl (C=O) groups excluding carboxylic acids is 1. The molecule has 17 heavy (non-hydrogen) atoms. The number of hydrogen-bond donors (Lipinski definition) is 1. The summed E-state index contributed by atoms with van der Waals surface area (Å²) < 4.78 is 10.5. The van der Waals surface area contributed by atoms with Gasteiger partial charge in [0.2, 0.25) is 0 Å². The smallest absolute Gasteiger partial charge is 0.332 e. The lowest BCUT2D eigenvalue weighted by Crippen LogP contribution is -2.35. The minimum atomic E-state index is -0.425. The molecule has 0 radical (unpaired) electrons. The van der Waals surface area contributed by atoms with E-state index in [0.717, 1.165) is 13.0 Å². The highest BCUT2D eigenvalue weighted by molar-refractivity contribution is 5.71. The van der Waals surface area contributed by atoms with Crippen molar-refractivity contribution in [1.82, 2.24) is 5.32 Å². The molecular formula is C13H25NO3. The molecule has 0 spiro atoms. The number of piperidine rings is 1. The molecule has 1 aliphatic heterocycles. The molecule has 1 saturated heterocycles. The fourth-order valence-corrected chi connectivity index (χ4v) is 1.92. The van der Waals surface area contributed by atoms with Crippen molar-refractivity contribution >= 4 is 5.97 Å². The molecule has 100 valence electrons. The van der Waals surface area contributed by atoms with Gasteiger partial charge in [0.05, 0.1) is 0 Å². The van der Waals surface area contributed by atoms with Gasteiger partial charge in [0.25, 0.3) is 0 Å². The van der Waals surface area contributed by atoms with Gasteiger partial charge >= 0.3 is 5.97 Å². The van der Waals surface area contributed by atoms with Gasteiger partial charge in [0, 0.05) is 12.6 Å². The standard InChI is InChI=1S/C13H25NO3/c1-13(2,3)17-12(15)10-16-9-7-11-6-4-5-8-14-11/h11,14H,4-10H2,1-3H3. The van der Waals surface area contributed by atoms with Crippen LogP contribution in [0.5, 0.6) is 0 Å². The molecule has 1 aliphatic rings. The summed E-state index contributed by atoms with van der Waals surface area (Å²) in [5, 5.41) is 3.45. The largest absolute Gasteiger partial charge is 0.458 e. The molecule has 0 aromatic heterocycles. The van der Waals surface area contributed by atoms with Crippen LogP contribution in [0.1, 0.15) is 46.5 Å². The van der Waals surface area contributed by atoms with E-state index in [4.69, 9.17) is 9.47 Å². The lowest BCUT2D eigenvalue weighted by atomic mass is 10.0. The number of rotatable bonds is 5. The number of esters is 1. The molecule has 0 amide bonds. The van der Waals surface area contributed by atoms with Gasteiger partial charge in [-0.25, -0.2) is 4.79 Å².